The SMILES string of the molecule is O=C(O)CCCOc1ccc(CC2SC(=O)NC2=O)cc1. The van der Waals surface area contributed by atoms with E-state index in [2.05, 4.69) is 5.32 Å². The summed E-state index contributed by atoms with van der Waals surface area (Å²) in [6.07, 6.45) is 1.03. The van der Waals surface area contributed by atoms with Crippen molar-refractivity contribution in [1.82, 2.24) is 5.32 Å². The lowest BCUT2D eigenvalue weighted by atomic mass is 10.1. The van der Waals surface area contributed by atoms with Gasteiger partial charge in [-0.2, -0.15) is 0 Å². The summed E-state index contributed by atoms with van der Waals surface area (Å²) in [7, 11) is 0. The lowest BCUT2D eigenvalue weighted by Crippen LogP contribution is -2.25. The minimum atomic E-state index is -0.837. The van der Waals surface area contributed by atoms with Gasteiger partial charge in [-0.3, -0.25) is 19.7 Å². The summed E-state index contributed by atoms with van der Waals surface area (Å²) in [6, 6.07) is 7.22. The van der Waals surface area contributed by atoms with E-state index >= 15 is 0 Å². The lowest BCUT2D eigenvalue weighted by molar-refractivity contribution is -0.137. The summed E-state index contributed by atoms with van der Waals surface area (Å²) >= 11 is 1.01. The molecule has 0 radical (unpaired) electrons. The number of carboxylic acids is 1. The van der Waals surface area contributed by atoms with Crippen LogP contribution in [0.15, 0.2) is 24.3 Å². The molecule has 21 heavy (non-hydrogen) atoms. The third kappa shape index (κ3) is 4.78. The molecular weight excluding hydrogens is 294 g/mol. The Kier molecular flexibility index (Phi) is 5.21. The van der Waals surface area contributed by atoms with Crippen molar-refractivity contribution in [3.63, 3.8) is 0 Å². The van der Waals surface area contributed by atoms with Crippen molar-refractivity contribution in [3.8, 4) is 5.75 Å². The van der Waals surface area contributed by atoms with Crippen molar-refractivity contribution >= 4 is 28.9 Å². The number of thioether (sulfide) groups is 1. The number of hydrogen-bond acceptors (Lipinski definition) is 5. The van der Waals surface area contributed by atoms with Crippen LogP contribution in [0.3, 0.4) is 0 Å². The average molecular weight is 309 g/mol. The van der Waals surface area contributed by atoms with E-state index in [1.54, 1.807) is 12.1 Å². The monoisotopic (exact) mass is 309 g/mol. The quantitative estimate of drug-likeness (QED) is 0.746. The van der Waals surface area contributed by atoms with Crippen molar-refractivity contribution in [1.29, 1.82) is 0 Å². The molecule has 1 unspecified atom stereocenters. The third-order valence-electron chi connectivity index (χ3n) is 2.92. The molecule has 7 heteroatoms. The summed E-state index contributed by atoms with van der Waals surface area (Å²) in [5, 5.41) is 10.1. The molecule has 1 heterocycles. The van der Waals surface area contributed by atoms with Gasteiger partial charge in [0.05, 0.1) is 11.9 Å². The Morgan fingerprint density at radius 3 is 2.57 bits per heavy atom. The van der Waals surface area contributed by atoms with Crippen LogP contribution in [-0.4, -0.2) is 34.1 Å². The third-order valence-corrected chi connectivity index (χ3v) is 3.90. The molecule has 1 aliphatic heterocycles. The maximum atomic E-state index is 11.5. The molecule has 0 bridgehead atoms. The number of aliphatic carboxylic acids is 1. The number of carbonyl (C=O) groups is 3. The topological polar surface area (TPSA) is 92.7 Å². The Hall–Kier alpha value is -2.02. The van der Waals surface area contributed by atoms with Gasteiger partial charge in [0.2, 0.25) is 5.91 Å². The van der Waals surface area contributed by atoms with Crippen molar-refractivity contribution in [2.75, 3.05) is 6.61 Å². The van der Waals surface area contributed by atoms with E-state index in [4.69, 9.17) is 9.84 Å². The van der Waals surface area contributed by atoms with Gasteiger partial charge in [0.15, 0.2) is 0 Å². The summed E-state index contributed by atoms with van der Waals surface area (Å²) in [4.78, 5) is 32.9. The zero-order chi connectivity index (χ0) is 15.2. The number of carboxylic acid groups (broad SMARTS) is 1. The van der Waals surface area contributed by atoms with Gasteiger partial charge < -0.3 is 9.84 Å². The fraction of sp³-hybridized carbons (Fsp3) is 0.357. The highest BCUT2D eigenvalue weighted by Crippen LogP contribution is 2.23. The van der Waals surface area contributed by atoms with Crippen LogP contribution in [0.2, 0.25) is 0 Å². The largest absolute Gasteiger partial charge is 0.494 e. The number of rotatable bonds is 7. The zero-order valence-electron chi connectivity index (χ0n) is 11.2. The van der Waals surface area contributed by atoms with E-state index in [9.17, 15) is 14.4 Å². The van der Waals surface area contributed by atoms with Gasteiger partial charge in [-0.15, -0.1) is 0 Å². The zero-order valence-corrected chi connectivity index (χ0v) is 12.0. The fourth-order valence-corrected chi connectivity index (χ4v) is 2.74. The highest BCUT2D eigenvalue weighted by atomic mass is 32.2. The number of ether oxygens (including phenoxy) is 1. The number of imide groups is 1. The van der Waals surface area contributed by atoms with Crippen LogP contribution in [0.4, 0.5) is 4.79 Å². The van der Waals surface area contributed by atoms with Gasteiger partial charge in [0.1, 0.15) is 5.75 Å². The second kappa shape index (κ2) is 7.12. The number of benzene rings is 1. The summed E-state index contributed by atoms with van der Waals surface area (Å²) in [5.41, 5.74) is 0.940. The van der Waals surface area contributed by atoms with Crippen molar-refractivity contribution in [2.45, 2.75) is 24.5 Å². The summed E-state index contributed by atoms with van der Waals surface area (Å²) in [5.74, 6) is -0.432. The van der Waals surface area contributed by atoms with E-state index in [1.165, 1.54) is 0 Å². The van der Waals surface area contributed by atoms with Crippen LogP contribution >= 0.6 is 11.8 Å². The molecule has 0 saturated carbocycles. The highest BCUT2D eigenvalue weighted by Gasteiger charge is 2.31. The fourth-order valence-electron chi connectivity index (χ4n) is 1.88. The predicted octanol–water partition coefficient (Wildman–Crippen LogP) is 1.82. The minimum Gasteiger partial charge on any atom is -0.494 e. The van der Waals surface area contributed by atoms with Crippen LogP contribution in [0.1, 0.15) is 18.4 Å². The number of carbonyl (C=O) groups excluding carboxylic acids is 2. The van der Waals surface area contributed by atoms with Gasteiger partial charge in [0.25, 0.3) is 5.24 Å². The molecule has 1 aliphatic rings. The molecule has 1 aromatic carbocycles. The van der Waals surface area contributed by atoms with Gasteiger partial charge >= 0.3 is 5.97 Å². The van der Waals surface area contributed by atoms with Crippen LogP contribution in [0.5, 0.6) is 5.75 Å². The van der Waals surface area contributed by atoms with Crippen molar-refractivity contribution in [2.24, 2.45) is 0 Å². The van der Waals surface area contributed by atoms with Crippen molar-refractivity contribution in [3.05, 3.63) is 29.8 Å². The molecule has 6 nitrogen and oxygen atoms in total. The van der Waals surface area contributed by atoms with E-state index in [0.29, 0.717) is 25.2 Å². The molecular formula is C14H15NO5S. The highest BCUT2D eigenvalue weighted by molar-refractivity contribution is 8.15. The lowest BCUT2D eigenvalue weighted by Gasteiger charge is -2.08. The molecule has 112 valence electrons. The summed E-state index contributed by atoms with van der Waals surface area (Å²) in [6.45, 7) is 0.348. The van der Waals surface area contributed by atoms with Gasteiger partial charge in [-0.25, -0.2) is 0 Å². The molecule has 1 atom stereocenters. The average Bonchev–Trinajstić information content (AvgIpc) is 2.74. The van der Waals surface area contributed by atoms with Crippen LogP contribution in [0.25, 0.3) is 0 Å². The van der Waals surface area contributed by atoms with E-state index < -0.39 is 5.97 Å². The van der Waals surface area contributed by atoms with E-state index in [1.807, 2.05) is 12.1 Å². The molecule has 2 amide bonds. The Morgan fingerprint density at radius 2 is 2.00 bits per heavy atom. The molecule has 1 fully saturated rings. The normalized spacial score (nSPS) is 17.6. The first-order chi connectivity index (χ1) is 10.0. The van der Waals surface area contributed by atoms with Crippen LogP contribution in [0, 0.1) is 0 Å². The minimum absolute atomic E-state index is 0.0835. The standard InChI is InChI=1S/C14H15NO5S/c16-12(17)2-1-7-20-10-5-3-9(4-6-10)8-11-13(18)15-14(19)21-11/h3-6,11H,1-2,7-8H2,(H,16,17)(H,15,18,19). The summed E-state index contributed by atoms with van der Waals surface area (Å²) < 4.78 is 5.42. The van der Waals surface area contributed by atoms with Crippen LogP contribution < -0.4 is 10.1 Å². The Bertz CT molecular complexity index is 543. The predicted molar refractivity (Wildman–Crippen MR) is 77.4 cm³/mol. The first kappa shape index (κ1) is 15.4. The maximum Gasteiger partial charge on any atom is 0.303 e. The molecule has 0 spiro atoms. The van der Waals surface area contributed by atoms with Crippen molar-refractivity contribution < 1.29 is 24.2 Å². The Labute approximate surface area is 125 Å². The molecule has 0 aliphatic carbocycles. The number of amides is 2. The van der Waals surface area contributed by atoms with Gasteiger partial charge in [-0.05, 0) is 30.5 Å². The van der Waals surface area contributed by atoms with E-state index in [0.717, 1.165) is 17.3 Å². The Balaban J connectivity index is 1.80. The molecule has 1 saturated heterocycles. The van der Waals surface area contributed by atoms with Gasteiger partial charge in [0, 0.05) is 6.42 Å². The first-order valence-electron chi connectivity index (χ1n) is 6.49. The second-order valence-corrected chi connectivity index (χ2v) is 5.75. The van der Waals surface area contributed by atoms with Gasteiger partial charge in [-0.1, -0.05) is 23.9 Å². The van der Waals surface area contributed by atoms with E-state index in [-0.39, 0.29) is 22.8 Å². The number of nitrogens with one attached hydrogen (secondary N) is 1. The maximum absolute atomic E-state index is 11.5. The first-order valence-corrected chi connectivity index (χ1v) is 7.37. The smallest absolute Gasteiger partial charge is 0.303 e. The second-order valence-electron chi connectivity index (χ2n) is 4.58. The Morgan fingerprint density at radius 1 is 1.29 bits per heavy atom. The molecule has 2 N–H and O–H groups in total. The molecule has 1 aromatic rings. The molecule has 2 rings (SSSR count). The molecule has 0 aromatic heterocycles. The van der Waals surface area contributed by atoms with Crippen LogP contribution in [-0.2, 0) is 16.0 Å². The number of hydrogen-bond donors (Lipinski definition) is 2.